The van der Waals surface area contributed by atoms with Crippen LogP contribution in [0.4, 0.5) is 0 Å². The number of hydrogen-bond donors (Lipinski definition) is 0. The molecule has 0 amide bonds. The van der Waals surface area contributed by atoms with Crippen molar-refractivity contribution in [2.75, 3.05) is 0 Å². The topological polar surface area (TPSA) is 39.2 Å². The normalized spacial score (nSPS) is 15.7. The second-order valence-corrected chi connectivity index (χ2v) is 9.22. The van der Waals surface area contributed by atoms with Crippen molar-refractivity contribution >= 4 is 43.9 Å². The molecule has 6 aromatic rings. The highest BCUT2D eigenvalue weighted by Crippen LogP contribution is 2.39. The van der Waals surface area contributed by atoms with Crippen LogP contribution in [0.1, 0.15) is 38.8 Å². The molecule has 0 aliphatic carbocycles. The molecule has 0 radical (unpaired) electrons. The van der Waals surface area contributed by atoms with Gasteiger partial charge in [-0.15, -0.1) is 0 Å². The monoisotopic (exact) mass is 424 g/mol. The summed E-state index contributed by atoms with van der Waals surface area (Å²) in [5.41, 5.74) is 3.19. The molecular weight excluding hydrogens is 394 g/mol. The Morgan fingerprint density at radius 2 is 1.59 bits per heavy atom. The van der Waals surface area contributed by atoms with Crippen molar-refractivity contribution in [3.05, 3.63) is 78.0 Å². The van der Waals surface area contributed by atoms with Crippen LogP contribution in [0.5, 0.6) is 0 Å². The first-order chi connectivity index (χ1) is 17.4. The van der Waals surface area contributed by atoms with E-state index in [4.69, 9.17) is 15.7 Å². The third-order valence-electron chi connectivity index (χ3n) is 5.69. The van der Waals surface area contributed by atoms with Crippen LogP contribution in [0.2, 0.25) is 0 Å². The molecule has 0 spiro atoms. The fourth-order valence-electron chi connectivity index (χ4n) is 4.33. The van der Waals surface area contributed by atoms with E-state index in [0.717, 1.165) is 32.7 Å². The second kappa shape index (κ2) is 6.70. The summed E-state index contributed by atoms with van der Waals surface area (Å²) >= 11 is 0. The van der Waals surface area contributed by atoms with E-state index < -0.39 is 18.6 Å². The van der Waals surface area contributed by atoms with Gasteiger partial charge in [-0.25, -0.2) is 0 Å². The number of furan rings is 2. The summed E-state index contributed by atoms with van der Waals surface area (Å²) in [5.74, 6) is 0. The molecule has 0 aliphatic heterocycles. The zero-order valence-electron chi connectivity index (χ0n) is 23.1. The molecule has 0 saturated carbocycles. The molecule has 6 rings (SSSR count). The number of aryl methyl sites for hydroxylation is 1. The highest BCUT2D eigenvalue weighted by molar-refractivity contribution is 6.16. The third-order valence-corrected chi connectivity index (χ3v) is 5.69. The zero-order valence-corrected chi connectivity index (χ0v) is 18.1. The van der Waals surface area contributed by atoms with Crippen molar-refractivity contribution in [3.63, 3.8) is 0 Å². The molecule has 3 heterocycles. The van der Waals surface area contributed by atoms with Crippen molar-refractivity contribution in [1.82, 2.24) is 4.98 Å². The fraction of sp³-hybridized carbons (Fsp3) is 0.207. The number of benzene rings is 3. The Morgan fingerprint density at radius 3 is 2.41 bits per heavy atom. The van der Waals surface area contributed by atoms with Gasteiger partial charge in [0, 0.05) is 40.2 Å². The molecule has 0 N–H and O–H groups in total. The van der Waals surface area contributed by atoms with E-state index in [0.29, 0.717) is 22.4 Å². The molecule has 0 fully saturated rings. The predicted octanol–water partition coefficient (Wildman–Crippen LogP) is 8.44. The maximum Gasteiger partial charge on any atom is 0.144 e. The van der Waals surface area contributed by atoms with Gasteiger partial charge in [-0.2, -0.15) is 0 Å². The summed E-state index contributed by atoms with van der Waals surface area (Å²) in [5, 5.41) is 3.74. The molecule has 3 nitrogen and oxygen atoms in total. The van der Waals surface area contributed by atoms with Gasteiger partial charge in [-0.05, 0) is 60.1 Å². The van der Waals surface area contributed by atoms with E-state index in [9.17, 15) is 0 Å². The Balaban J connectivity index is 1.60. The van der Waals surface area contributed by atoms with Gasteiger partial charge in [0.25, 0.3) is 0 Å². The van der Waals surface area contributed by atoms with E-state index in [1.807, 2.05) is 54.6 Å². The van der Waals surface area contributed by atoms with Crippen molar-refractivity contribution < 1.29 is 15.7 Å². The molecule has 3 aromatic heterocycles. The van der Waals surface area contributed by atoms with E-state index in [2.05, 4.69) is 4.98 Å². The number of hydrogen-bond acceptors (Lipinski definition) is 3. The molecule has 0 atom stereocenters. The highest BCUT2D eigenvalue weighted by Gasteiger charge is 2.18. The summed E-state index contributed by atoms with van der Waals surface area (Å²) in [4.78, 5) is 4.47. The van der Waals surface area contributed by atoms with Crippen molar-refractivity contribution in [1.29, 1.82) is 0 Å². The SMILES string of the molecule is [2H]C([2H])([2H])c1cnc(-c2cccc3c2oc2cc4c(cc23)oc2ccccc24)cc1C([2H])([2H])C(C)(C)C. The lowest BCUT2D eigenvalue weighted by Gasteiger charge is -2.20. The van der Waals surface area contributed by atoms with Gasteiger partial charge >= 0.3 is 0 Å². The Labute approximate surface area is 193 Å². The molecule has 3 aromatic carbocycles. The molecule has 0 saturated heterocycles. The average molecular weight is 425 g/mol. The summed E-state index contributed by atoms with van der Waals surface area (Å²) < 4.78 is 54.1. The van der Waals surface area contributed by atoms with Crippen LogP contribution < -0.4 is 0 Å². The minimum absolute atomic E-state index is 0.0832. The zero-order chi connectivity index (χ0) is 26.3. The molecule has 0 bridgehead atoms. The first-order valence-electron chi connectivity index (χ1n) is 13.1. The van der Waals surface area contributed by atoms with E-state index >= 15 is 0 Å². The van der Waals surface area contributed by atoms with Gasteiger partial charge in [0.2, 0.25) is 0 Å². The molecule has 0 unspecified atom stereocenters. The number of para-hydroxylation sites is 2. The maximum absolute atomic E-state index is 8.84. The number of aromatic nitrogens is 1. The van der Waals surface area contributed by atoms with Crippen LogP contribution in [0.3, 0.4) is 0 Å². The van der Waals surface area contributed by atoms with Crippen molar-refractivity contribution in [3.8, 4) is 11.3 Å². The molecule has 158 valence electrons. The van der Waals surface area contributed by atoms with Crippen molar-refractivity contribution in [2.24, 2.45) is 5.41 Å². The molecule has 0 aliphatic rings. The minimum Gasteiger partial charge on any atom is -0.456 e. The fourth-order valence-corrected chi connectivity index (χ4v) is 4.33. The van der Waals surface area contributed by atoms with Gasteiger partial charge in [0.05, 0.1) is 5.69 Å². The van der Waals surface area contributed by atoms with Crippen LogP contribution in [0.25, 0.3) is 55.1 Å². The summed E-state index contributed by atoms with van der Waals surface area (Å²) in [6.45, 7) is 2.78. The molecule has 3 heteroatoms. The standard InChI is InChI=1S/C29H25NO2/c1-17-16-30-24(12-18(17)15-29(2,3)4)21-10-7-9-20-23-14-26-22(13-27(23)32-28(20)21)19-8-5-6-11-25(19)31-26/h5-14,16H,15H2,1-4H3/i1D3,15D2. The van der Waals surface area contributed by atoms with Crippen LogP contribution in [0.15, 0.2) is 75.7 Å². The van der Waals surface area contributed by atoms with E-state index in [1.165, 1.54) is 6.20 Å². The second-order valence-electron chi connectivity index (χ2n) is 9.22. The quantitative estimate of drug-likeness (QED) is 0.280. The Morgan fingerprint density at radius 1 is 0.844 bits per heavy atom. The Hall–Kier alpha value is -3.59. The van der Waals surface area contributed by atoms with E-state index in [1.54, 1.807) is 26.8 Å². The number of rotatable bonds is 2. The largest absolute Gasteiger partial charge is 0.456 e. The molecular formula is C29H25NO2. The maximum atomic E-state index is 8.84. The van der Waals surface area contributed by atoms with Gasteiger partial charge in [0.15, 0.2) is 0 Å². The average Bonchev–Trinajstić information content (AvgIpc) is 3.38. The van der Waals surface area contributed by atoms with Gasteiger partial charge in [-0.1, -0.05) is 51.1 Å². The minimum atomic E-state index is -2.50. The summed E-state index contributed by atoms with van der Waals surface area (Å²) in [6, 6.07) is 19.1. The molecule has 32 heavy (non-hydrogen) atoms. The van der Waals surface area contributed by atoms with E-state index in [-0.39, 0.29) is 11.1 Å². The lowest BCUT2D eigenvalue weighted by Crippen LogP contribution is -2.10. The lowest BCUT2D eigenvalue weighted by molar-refractivity contribution is 0.410. The third kappa shape index (κ3) is 3.00. The summed E-state index contributed by atoms with van der Waals surface area (Å²) in [7, 11) is 0. The first kappa shape index (κ1) is 14.5. The van der Waals surface area contributed by atoms with Crippen LogP contribution in [-0.2, 0) is 6.37 Å². The van der Waals surface area contributed by atoms with Crippen LogP contribution in [-0.4, -0.2) is 4.98 Å². The van der Waals surface area contributed by atoms with Gasteiger partial charge < -0.3 is 8.83 Å². The number of nitrogens with zero attached hydrogens (tertiary/aromatic N) is 1. The van der Waals surface area contributed by atoms with Gasteiger partial charge in [-0.3, -0.25) is 4.98 Å². The number of pyridine rings is 1. The first-order valence-corrected chi connectivity index (χ1v) is 10.6. The number of fused-ring (bicyclic) bond motifs is 6. The smallest absolute Gasteiger partial charge is 0.144 e. The van der Waals surface area contributed by atoms with Crippen LogP contribution >= 0.6 is 0 Å². The predicted molar refractivity (Wildman–Crippen MR) is 132 cm³/mol. The Kier molecular flexibility index (Phi) is 3.03. The van der Waals surface area contributed by atoms with Crippen molar-refractivity contribution in [2.45, 2.75) is 34.0 Å². The van der Waals surface area contributed by atoms with Crippen LogP contribution in [0, 0.1) is 12.3 Å². The van der Waals surface area contributed by atoms with Gasteiger partial charge in [0.1, 0.15) is 22.3 Å². The highest BCUT2D eigenvalue weighted by atomic mass is 16.3. The lowest BCUT2D eigenvalue weighted by atomic mass is 9.86. The Bertz CT molecular complexity index is 1840. The summed E-state index contributed by atoms with van der Waals surface area (Å²) in [6.07, 6.45) is -0.635.